The Morgan fingerprint density at radius 1 is 1.23 bits per heavy atom. The average molecular weight is 304 g/mol. The third kappa shape index (κ3) is 1.07. The molecule has 0 N–H and O–H groups in total. The van der Waals surface area contributed by atoms with Crippen molar-refractivity contribution in [3.8, 4) is 5.75 Å². The molecule has 0 radical (unpaired) electrons. The summed E-state index contributed by atoms with van der Waals surface area (Å²) >= 11 is -5.32. The molecule has 0 bridgehead atoms. The van der Waals surface area contributed by atoms with Gasteiger partial charge in [0.1, 0.15) is 0 Å². The number of hydrogen-bond donors (Lipinski definition) is 0. The van der Waals surface area contributed by atoms with Crippen LogP contribution in [0.4, 0.5) is 13.2 Å². The Morgan fingerprint density at radius 3 is 2.38 bits per heavy atom. The zero-order chi connectivity index (χ0) is 9.69. The Balaban J connectivity index is 2.52. The molecular formula is C7H4F3IO2. The predicted molar refractivity (Wildman–Crippen MR) is 46.5 cm³/mol. The van der Waals surface area contributed by atoms with E-state index in [4.69, 9.17) is 0 Å². The molecule has 0 aliphatic carbocycles. The van der Waals surface area contributed by atoms with Crippen LogP contribution in [0.2, 0.25) is 0 Å². The zero-order valence-corrected chi connectivity index (χ0v) is 8.30. The summed E-state index contributed by atoms with van der Waals surface area (Å²) in [5.41, 5.74) is 0. The first kappa shape index (κ1) is 8.92. The van der Waals surface area contributed by atoms with Crippen LogP contribution in [0.5, 0.6) is 5.75 Å². The van der Waals surface area contributed by atoms with Gasteiger partial charge in [0.15, 0.2) is 0 Å². The van der Waals surface area contributed by atoms with Gasteiger partial charge in [-0.15, -0.1) is 0 Å². The molecule has 72 valence electrons. The van der Waals surface area contributed by atoms with Crippen LogP contribution in [0.3, 0.4) is 0 Å². The summed E-state index contributed by atoms with van der Waals surface area (Å²) in [6, 6.07) is 5.54. The van der Waals surface area contributed by atoms with Crippen molar-refractivity contribution in [1.29, 1.82) is 0 Å². The van der Waals surface area contributed by atoms with E-state index in [0.29, 0.717) is 0 Å². The third-order valence-electron chi connectivity index (χ3n) is 1.58. The molecule has 1 aliphatic rings. The van der Waals surface area contributed by atoms with E-state index in [2.05, 4.69) is 3.07 Å². The van der Waals surface area contributed by atoms with E-state index in [1.165, 1.54) is 24.3 Å². The molecule has 1 aromatic rings. The third-order valence-corrected chi connectivity index (χ3v) is 6.70. The van der Waals surface area contributed by atoms with Crippen LogP contribution in [0, 0.1) is 3.57 Å². The van der Waals surface area contributed by atoms with Gasteiger partial charge in [-0.05, 0) is 0 Å². The van der Waals surface area contributed by atoms with Gasteiger partial charge in [-0.3, -0.25) is 0 Å². The van der Waals surface area contributed by atoms with Crippen molar-refractivity contribution in [1.82, 2.24) is 0 Å². The summed E-state index contributed by atoms with van der Waals surface area (Å²) < 4.78 is 47.3. The summed E-state index contributed by atoms with van der Waals surface area (Å²) in [5, 5.41) is 0. The van der Waals surface area contributed by atoms with Crippen LogP contribution in [0.25, 0.3) is 0 Å². The van der Waals surface area contributed by atoms with Gasteiger partial charge in [0.05, 0.1) is 0 Å². The van der Waals surface area contributed by atoms with Crippen molar-refractivity contribution in [2.45, 2.75) is 4.18 Å². The molecule has 0 saturated carbocycles. The number of alkyl halides is 4. The van der Waals surface area contributed by atoms with Gasteiger partial charge < -0.3 is 0 Å². The molecule has 1 unspecified atom stereocenters. The molecule has 2 nitrogen and oxygen atoms in total. The second-order valence-electron chi connectivity index (χ2n) is 2.40. The fraction of sp³-hybridized carbons (Fsp3) is 0.143. The van der Waals surface area contributed by atoms with E-state index >= 15 is 0 Å². The van der Waals surface area contributed by atoms with Crippen molar-refractivity contribution in [3.63, 3.8) is 0 Å². The average Bonchev–Trinajstić information content (AvgIpc) is 2.00. The van der Waals surface area contributed by atoms with Gasteiger partial charge in [-0.25, -0.2) is 0 Å². The summed E-state index contributed by atoms with van der Waals surface area (Å²) in [6.45, 7) is 0. The standard InChI is InChI=1S/C7H4F3IO2/c8-7(9,10)11(12)5-3-1-2-4-6(5)13-11/h1-4H. The van der Waals surface area contributed by atoms with Crippen molar-refractivity contribution in [2.75, 3.05) is 0 Å². The first-order valence-electron chi connectivity index (χ1n) is 3.28. The molecule has 0 amide bonds. The fourth-order valence-electron chi connectivity index (χ4n) is 1.00. The zero-order valence-electron chi connectivity index (χ0n) is 6.14. The van der Waals surface area contributed by atoms with E-state index in [1.54, 1.807) is 0 Å². The molecule has 6 heteroatoms. The number of fused-ring (bicyclic) bond motifs is 1. The maximum absolute atomic E-state index is 12.2. The number of rotatable bonds is 0. The van der Waals surface area contributed by atoms with Crippen molar-refractivity contribution >= 4 is 18.8 Å². The SMILES string of the molecule is O=I1(C(F)(F)F)Oc2ccccc21. The van der Waals surface area contributed by atoms with E-state index < -0.39 is 23.0 Å². The monoisotopic (exact) mass is 304 g/mol. The van der Waals surface area contributed by atoms with Gasteiger partial charge in [0.2, 0.25) is 0 Å². The molecule has 1 aromatic carbocycles. The van der Waals surface area contributed by atoms with Crippen LogP contribution in [0.15, 0.2) is 24.3 Å². The molecule has 2 rings (SSSR count). The van der Waals surface area contributed by atoms with Crippen LogP contribution in [-0.2, 0) is 3.07 Å². The number of hydrogen-bond acceptors (Lipinski definition) is 2. The van der Waals surface area contributed by atoms with E-state index in [0.717, 1.165) is 0 Å². The van der Waals surface area contributed by atoms with Crippen LogP contribution < -0.4 is 3.07 Å². The van der Waals surface area contributed by atoms with E-state index in [1.807, 2.05) is 0 Å². The number of para-hydroxylation sites is 1. The van der Waals surface area contributed by atoms with Crippen LogP contribution in [0.1, 0.15) is 0 Å². The summed E-state index contributed by atoms with van der Waals surface area (Å²) in [6.07, 6.45) is 0. The molecule has 0 saturated heterocycles. The number of halogens is 4. The summed E-state index contributed by atoms with van der Waals surface area (Å²) in [5.74, 6) is 0.0891. The van der Waals surface area contributed by atoms with Crippen LogP contribution >= 0.6 is 18.8 Å². The maximum atomic E-state index is 12.2. The molecule has 0 aromatic heterocycles. The van der Waals surface area contributed by atoms with Crippen molar-refractivity contribution < 1.29 is 19.3 Å². The Morgan fingerprint density at radius 2 is 1.85 bits per heavy atom. The van der Waals surface area contributed by atoms with Crippen LogP contribution in [-0.4, -0.2) is 4.18 Å². The second-order valence-corrected chi connectivity index (χ2v) is 7.89. The fourth-order valence-corrected chi connectivity index (χ4v) is 4.56. The molecular weight excluding hydrogens is 300 g/mol. The van der Waals surface area contributed by atoms with E-state index in [9.17, 15) is 16.2 Å². The normalized spacial score (nSPS) is 30.7. The molecule has 13 heavy (non-hydrogen) atoms. The summed E-state index contributed by atoms with van der Waals surface area (Å²) in [4.78, 5) is 0. The van der Waals surface area contributed by atoms with E-state index in [-0.39, 0.29) is 9.32 Å². The summed E-state index contributed by atoms with van der Waals surface area (Å²) in [7, 11) is 0. The topological polar surface area (TPSA) is 26.3 Å². The molecule has 0 spiro atoms. The molecule has 1 atom stereocenters. The van der Waals surface area contributed by atoms with Gasteiger partial charge >= 0.3 is 75.9 Å². The van der Waals surface area contributed by atoms with Gasteiger partial charge in [0.25, 0.3) is 0 Å². The Hall–Kier alpha value is -0.660. The minimum absolute atomic E-state index is 0.0891. The number of benzene rings is 1. The predicted octanol–water partition coefficient (Wildman–Crippen LogP) is 3.07. The Labute approximate surface area is 76.1 Å². The molecule has 1 heterocycles. The first-order valence-corrected chi connectivity index (χ1v) is 7.20. The minimum atomic E-state index is -5.32. The van der Waals surface area contributed by atoms with Gasteiger partial charge in [-0.1, -0.05) is 0 Å². The van der Waals surface area contributed by atoms with Gasteiger partial charge in [-0.2, -0.15) is 0 Å². The molecule has 0 fully saturated rings. The molecule has 1 aliphatic heterocycles. The Kier molecular flexibility index (Phi) is 1.67. The second kappa shape index (κ2) is 2.43. The van der Waals surface area contributed by atoms with Gasteiger partial charge in [0, 0.05) is 0 Å². The first-order chi connectivity index (χ1) is 5.95. The Bertz CT molecular complexity index is 399. The quantitative estimate of drug-likeness (QED) is 0.544. The van der Waals surface area contributed by atoms with Crippen molar-refractivity contribution in [3.05, 3.63) is 27.8 Å². The van der Waals surface area contributed by atoms with Crippen molar-refractivity contribution in [2.24, 2.45) is 0 Å².